The zero-order valence-electron chi connectivity index (χ0n) is 15.7. The van der Waals surface area contributed by atoms with Gasteiger partial charge < -0.3 is 0 Å². The molecule has 0 bridgehead atoms. The number of hydrogen-bond acceptors (Lipinski definition) is 2. The van der Waals surface area contributed by atoms with Gasteiger partial charge in [0, 0.05) is 21.8 Å². The summed E-state index contributed by atoms with van der Waals surface area (Å²) in [7, 11) is 0. The molecule has 3 rings (SSSR count). The highest BCUT2D eigenvalue weighted by Crippen LogP contribution is 2.16. The number of hydrogen-bond donors (Lipinski definition) is 0. The predicted molar refractivity (Wildman–Crippen MR) is 124 cm³/mol. The standard InChI is InChI=1S/C25H21BrN2/c1-20(22-8-4-2-5-9-22)18-28-25(23-10-6-3-7-11-23)16-17-27-19-21-12-14-24(26)15-13-21/h2-16,19H,17H2,1H3/b25-16+,27-19?. The summed E-state index contributed by atoms with van der Waals surface area (Å²) < 4.78 is 1.06. The average molecular weight is 429 g/mol. The molecule has 3 aromatic carbocycles. The first-order valence-corrected chi connectivity index (χ1v) is 9.88. The second-order valence-electron chi connectivity index (χ2n) is 6.22. The highest BCUT2D eigenvalue weighted by molar-refractivity contribution is 9.10. The van der Waals surface area contributed by atoms with Gasteiger partial charge in [0.25, 0.3) is 0 Å². The van der Waals surface area contributed by atoms with Crippen molar-refractivity contribution in [2.45, 2.75) is 6.92 Å². The minimum Gasteiger partial charge on any atom is -0.288 e. The number of halogens is 1. The van der Waals surface area contributed by atoms with Gasteiger partial charge in [-0.15, -0.1) is 0 Å². The summed E-state index contributed by atoms with van der Waals surface area (Å²) in [6.07, 6.45) is 3.90. The normalized spacial score (nSPS) is 11.3. The zero-order valence-corrected chi connectivity index (χ0v) is 17.3. The molecule has 0 heterocycles. The Labute approximate surface area is 174 Å². The molecule has 0 aliphatic carbocycles. The van der Waals surface area contributed by atoms with Gasteiger partial charge in [0.1, 0.15) is 0 Å². The first-order chi connectivity index (χ1) is 13.7. The molecule has 0 saturated carbocycles. The molecular formula is C25H21BrN2. The molecule has 0 radical (unpaired) electrons. The van der Waals surface area contributed by atoms with E-state index in [1.165, 1.54) is 0 Å². The van der Waals surface area contributed by atoms with Crippen LogP contribution in [0.2, 0.25) is 0 Å². The molecule has 0 spiro atoms. The molecule has 28 heavy (non-hydrogen) atoms. The Bertz CT molecular complexity index is 1010. The van der Waals surface area contributed by atoms with Gasteiger partial charge in [0.05, 0.1) is 12.2 Å². The highest BCUT2D eigenvalue weighted by atomic mass is 79.9. The second-order valence-corrected chi connectivity index (χ2v) is 7.13. The van der Waals surface area contributed by atoms with Crippen LogP contribution in [0.25, 0.3) is 11.3 Å². The van der Waals surface area contributed by atoms with E-state index in [1.807, 2.05) is 92.0 Å². The van der Waals surface area contributed by atoms with Crippen LogP contribution >= 0.6 is 15.9 Å². The van der Waals surface area contributed by atoms with E-state index in [9.17, 15) is 0 Å². The van der Waals surface area contributed by atoms with Gasteiger partial charge in [-0.1, -0.05) is 88.7 Å². The summed E-state index contributed by atoms with van der Waals surface area (Å²) >= 11 is 3.44. The lowest BCUT2D eigenvalue weighted by atomic mass is 10.1. The maximum Gasteiger partial charge on any atom is 0.0780 e. The van der Waals surface area contributed by atoms with Crippen molar-refractivity contribution >= 4 is 39.3 Å². The van der Waals surface area contributed by atoms with Crippen molar-refractivity contribution < 1.29 is 0 Å². The van der Waals surface area contributed by atoms with Gasteiger partial charge in [-0.3, -0.25) is 4.99 Å². The zero-order chi connectivity index (χ0) is 19.6. The Hall–Kier alpha value is -3.00. The van der Waals surface area contributed by atoms with E-state index in [2.05, 4.69) is 43.9 Å². The first-order valence-electron chi connectivity index (χ1n) is 9.09. The third-order valence-electron chi connectivity index (χ3n) is 4.12. The molecule has 0 aliphatic rings. The summed E-state index contributed by atoms with van der Waals surface area (Å²) in [5, 5.41) is 0. The van der Waals surface area contributed by atoms with Crippen LogP contribution in [0.4, 0.5) is 0 Å². The Balaban J connectivity index is 1.82. The van der Waals surface area contributed by atoms with Crippen LogP contribution in [-0.2, 0) is 0 Å². The summed E-state index contributed by atoms with van der Waals surface area (Å²) in [5.41, 5.74) is 5.10. The van der Waals surface area contributed by atoms with Crippen LogP contribution in [-0.4, -0.2) is 18.6 Å². The summed E-state index contributed by atoms with van der Waals surface area (Å²) in [4.78, 5) is 9.13. The monoisotopic (exact) mass is 428 g/mol. The molecule has 0 saturated heterocycles. The van der Waals surface area contributed by atoms with E-state index in [-0.39, 0.29) is 0 Å². The molecule has 3 aromatic rings. The van der Waals surface area contributed by atoms with Crippen LogP contribution < -0.4 is 0 Å². The Morgan fingerprint density at radius 2 is 1.46 bits per heavy atom. The molecular weight excluding hydrogens is 408 g/mol. The molecule has 0 unspecified atom stereocenters. The third-order valence-corrected chi connectivity index (χ3v) is 4.65. The third kappa shape index (κ3) is 6.02. The van der Waals surface area contributed by atoms with E-state index in [0.717, 1.165) is 32.4 Å². The SMILES string of the molecule is CC(=C=N/C(=C/CN=Cc1ccc(Br)cc1)c1ccccc1)c1ccccc1. The Kier molecular flexibility index (Phi) is 7.31. The maximum absolute atomic E-state index is 4.62. The molecule has 0 fully saturated rings. The fourth-order valence-corrected chi connectivity index (χ4v) is 2.84. The predicted octanol–water partition coefficient (Wildman–Crippen LogP) is 6.68. The Morgan fingerprint density at radius 3 is 2.11 bits per heavy atom. The van der Waals surface area contributed by atoms with E-state index >= 15 is 0 Å². The van der Waals surface area contributed by atoms with Crippen LogP contribution in [0.1, 0.15) is 23.6 Å². The van der Waals surface area contributed by atoms with Crippen molar-refractivity contribution in [1.29, 1.82) is 0 Å². The van der Waals surface area contributed by atoms with Gasteiger partial charge in [-0.25, -0.2) is 4.99 Å². The fraction of sp³-hybridized carbons (Fsp3) is 0.0800. The number of allylic oxidation sites excluding steroid dienone is 1. The van der Waals surface area contributed by atoms with Gasteiger partial charge in [0.15, 0.2) is 0 Å². The molecule has 0 aromatic heterocycles. The van der Waals surface area contributed by atoms with Gasteiger partial charge in [-0.2, -0.15) is 0 Å². The quantitative estimate of drug-likeness (QED) is 0.391. The van der Waals surface area contributed by atoms with Crippen LogP contribution in [0.3, 0.4) is 0 Å². The minimum absolute atomic E-state index is 0.551. The molecule has 0 amide bonds. The van der Waals surface area contributed by atoms with E-state index < -0.39 is 0 Å². The van der Waals surface area contributed by atoms with Crippen molar-refractivity contribution in [1.82, 2.24) is 0 Å². The largest absolute Gasteiger partial charge is 0.288 e. The maximum atomic E-state index is 4.62. The number of nitrogens with zero attached hydrogens (tertiary/aromatic N) is 2. The fourth-order valence-electron chi connectivity index (χ4n) is 2.58. The average Bonchev–Trinajstić information content (AvgIpc) is 2.75. The second kappa shape index (κ2) is 10.4. The van der Waals surface area contributed by atoms with Crippen LogP contribution in [0.15, 0.2) is 105 Å². The van der Waals surface area contributed by atoms with Crippen LogP contribution in [0, 0.1) is 0 Å². The van der Waals surface area contributed by atoms with E-state index in [0.29, 0.717) is 6.54 Å². The van der Waals surface area contributed by atoms with Gasteiger partial charge in [0.2, 0.25) is 0 Å². The lowest BCUT2D eigenvalue weighted by Crippen LogP contribution is -1.86. The van der Waals surface area contributed by atoms with Gasteiger partial charge in [-0.05, 0) is 42.1 Å². The number of aliphatic imine (C=N–C) groups is 2. The summed E-state index contributed by atoms with van der Waals surface area (Å²) in [5.74, 6) is 3.18. The van der Waals surface area contributed by atoms with E-state index in [1.54, 1.807) is 0 Å². The molecule has 0 aliphatic heterocycles. The van der Waals surface area contributed by atoms with Crippen molar-refractivity contribution in [3.8, 4) is 0 Å². The van der Waals surface area contributed by atoms with Crippen molar-refractivity contribution in [2.24, 2.45) is 9.98 Å². The van der Waals surface area contributed by atoms with Crippen LogP contribution in [0.5, 0.6) is 0 Å². The summed E-state index contributed by atoms with van der Waals surface area (Å²) in [6, 6.07) is 28.4. The topological polar surface area (TPSA) is 24.7 Å². The van der Waals surface area contributed by atoms with Gasteiger partial charge >= 0.3 is 0 Å². The molecule has 138 valence electrons. The molecule has 3 heteroatoms. The molecule has 0 atom stereocenters. The molecule has 2 nitrogen and oxygen atoms in total. The number of benzene rings is 3. The van der Waals surface area contributed by atoms with Crippen molar-refractivity contribution in [3.05, 3.63) is 112 Å². The highest BCUT2D eigenvalue weighted by Gasteiger charge is 1.98. The molecule has 0 N–H and O–H groups in total. The number of rotatable bonds is 6. The van der Waals surface area contributed by atoms with E-state index in [4.69, 9.17) is 0 Å². The lowest BCUT2D eigenvalue weighted by Gasteiger charge is -2.01. The lowest BCUT2D eigenvalue weighted by molar-refractivity contribution is 1.25. The summed E-state index contributed by atoms with van der Waals surface area (Å²) in [6.45, 7) is 2.57. The smallest absolute Gasteiger partial charge is 0.0780 e. The van der Waals surface area contributed by atoms with Crippen molar-refractivity contribution in [2.75, 3.05) is 6.54 Å². The minimum atomic E-state index is 0.551. The first kappa shape index (κ1) is 19.8. The Morgan fingerprint density at radius 1 is 0.857 bits per heavy atom. The van der Waals surface area contributed by atoms with Crippen molar-refractivity contribution in [3.63, 3.8) is 0 Å².